The van der Waals surface area contributed by atoms with Crippen molar-refractivity contribution in [2.75, 3.05) is 26.2 Å². The molecule has 1 rings (SSSR count). The predicted molar refractivity (Wildman–Crippen MR) is 76.3 cm³/mol. The molecule has 0 aromatic rings. The summed E-state index contributed by atoms with van der Waals surface area (Å²) in [6.07, 6.45) is 3.51. The van der Waals surface area contributed by atoms with Gasteiger partial charge in [0, 0.05) is 13.1 Å². The number of nitrogens with zero attached hydrogens (tertiary/aromatic N) is 2. The first-order valence-corrected chi connectivity index (χ1v) is 7.46. The molecule has 3 heteroatoms. The monoisotopic (exact) mass is 251 g/mol. The molecular formula is C15H29N3. The van der Waals surface area contributed by atoms with Gasteiger partial charge >= 0.3 is 0 Å². The Balaban J connectivity index is 2.67. The van der Waals surface area contributed by atoms with Gasteiger partial charge in [0.15, 0.2) is 0 Å². The van der Waals surface area contributed by atoms with Gasteiger partial charge in [0.25, 0.3) is 0 Å². The van der Waals surface area contributed by atoms with Crippen molar-refractivity contribution in [2.24, 2.45) is 11.8 Å². The quantitative estimate of drug-likeness (QED) is 0.685. The van der Waals surface area contributed by atoms with E-state index in [9.17, 15) is 5.26 Å². The molecule has 1 aliphatic rings. The summed E-state index contributed by atoms with van der Waals surface area (Å²) in [4.78, 5) is 2.43. The fraction of sp³-hybridized carbons (Fsp3) is 0.933. The minimum atomic E-state index is -0.305. The van der Waals surface area contributed by atoms with Gasteiger partial charge in [-0.15, -0.1) is 0 Å². The van der Waals surface area contributed by atoms with Gasteiger partial charge in [-0.3, -0.25) is 5.32 Å². The standard InChI is InChI=1S/C15H29N3/c1-5-9-17-15(11-16,14-7-8-14)12-18(6-2)10-13(3)4/h13-14,17H,5-10,12H2,1-4H3. The maximum absolute atomic E-state index is 9.65. The Morgan fingerprint density at radius 3 is 2.44 bits per heavy atom. The molecule has 0 amide bonds. The van der Waals surface area contributed by atoms with Crippen LogP contribution in [0.25, 0.3) is 0 Å². The molecule has 0 aromatic carbocycles. The lowest BCUT2D eigenvalue weighted by molar-refractivity contribution is 0.186. The highest BCUT2D eigenvalue weighted by Gasteiger charge is 2.46. The zero-order valence-electron chi connectivity index (χ0n) is 12.5. The van der Waals surface area contributed by atoms with Crippen LogP contribution < -0.4 is 5.32 Å². The average Bonchev–Trinajstić information content (AvgIpc) is 3.17. The van der Waals surface area contributed by atoms with E-state index in [1.54, 1.807) is 0 Å². The third-order valence-corrected chi connectivity index (χ3v) is 3.71. The largest absolute Gasteiger partial charge is 0.300 e. The number of hydrogen-bond donors (Lipinski definition) is 1. The second-order valence-electron chi connectivity index (χ2n) is 6.01. The summed E-state index contributed by atoms with van der Waals surface area (Å²) in [7, 11) is 0. The highest BCUT2D eigenvalue weighted by atomic mass is 15.2. The highest BCUT2D eigenvalue weighted by Crippen LogP contribution is 2.40. The zero-order valence-corrected chi connectivity index (χ0v) is 12.5. The Hall–Kier alpha value is -0.590. The van der Waals surface area contributed by atoms with Crippen molar-refractivity contribution in [1.29, 1.82) is 5.26 Å². The Kier molecular flexibility index (Phi) is 6.11. The molecule has 0 aliphatic heterocycles. The number of hydrogen-bond acceptors (Lipinski definition) is 3. The van der Waals surface area contributed by atoms with Gasteiger partial charge in [-0.2, -0.15) is 5.26 Å². The van der Waals surface area contributed by atoms with E-state index in [4.69, 9.17) is 0 Å². The van der Waals surface area contributed by atoms with Gasteiger partial charge in [0.1, 0.15) is 5.54 Å². The molecule has 0 saturated heterocycles. The van der Waals surface area contributed by atoms with E-state index in [1.165, 1.54) is 12.8 Å². The van der Waals surface area contributed by atoms with Crippen LogP contribution in [0.4, 0.5) is 0 Å². The minimum absolute atomic E-state index is 0.305. The van der Waals surface area contributed by atoms with Crippen LogP contribution in [0.5, 0.6) is 0 Å². The molecular weight excluding hydrogens is 222 g/mol. The fourth-order valence-electron chi connectivity index (χ4n) is 2.59. The van der Waals surface area contributed by atoms with Crippen molar-refractivity contribution in [3.8, 4) is 6.07 Å². The molecule has 18 heavy (non-hydrogen) atoms. The molecule has 3 nitrogen and oxygen atoms in total. The van der Waals surface area contributed by atoms with E-state index in [0.717, 1.165) is 32.6 Å². The summed E-state index contributed by atoms with van der Waals surface area (Å²) in [5, 5.41) is 13.2. The van der Waals surface area contributed by atoms with E-state index < -0.39 is 0 Å². The molecule has 1 atom stereocenters. The van der Waals surface area contributed by atoms with Gasteiger partial charge in [0.05, 0.1) is 6.07 Å². The third kappa shape index (κ3) is 4.26. The number of nitriles is 1. The summed E-state index contributed by atoms with van der Waals surface area (Å²) < 4.78 is 0. The molecule has 1 fully saturated rings. The molecule has 0 spiro atoms. The molecule has 0 bridgehead atoms. The maximum Gasteiger partial charge on any atom is 0.122 e. The second-order valence-corrected chi connectivity index (χ2v) is 6.01. The van der Waals surface area contributed by atoms with Crippen molar-refractivity contribution in [1.82, 2.24) is 10.2 Å². The molecule has 0 aromatic heterocycles. The Morgan fingerprint density at radius 2 is 2.06 bits per heavy atom. The van der Waals surface area contributed by atoms with Crippen molar-refractivity contribution >= 4 is 0 Å². The van der Waals surface area contributed by atoms with Crippen LogP contribution in [0.2, 0.25) is 0 Å². The maximum atomic E-state index is 9.65. The molecule has 1 saturated carbocycles. The van der Waals surface area contributed by atoms with Crippen molar-refractivity contribution < 1.29 is 0 Å². The predicted octanol–water partition coefficient (Wildman–Crippen LogP) is 2.64. The molecule has 1 aliphatic carbocycles. The highest BCUT2D eigenvalue weighted by molar-refractivity contribution is 5.16. The lowest BCUT2D eigenvalue weighted by atomic mass is 9.93. The summed E-state index contributed by atoms with van der Waals surface area (Å²) in [6, 6.07) is 2.60. The zero-order chi connectivity index (χ0) is 13.6. The number of nitrogens with one attached hydrogen (secondary N) is 1. The lowest BCUT2D eigenvalue weighted by Gasteiger charge is -2.34. The second kappa shape index (κ2) is 7.11. The number of rotatable bonds is 9. The lowest BCUT2D eigenvalue weighted by Crippen LogP contribution is -2.55. The van der Waals surface area contributed by atoms with E-state index in [1.807, 2.05) is 0 Å². The smallest absolute Gasteiger partial charge is 0.122 e. The van der Waals surface area contributed by atoms with Crippen LogP contribution in [0.1, 0.15) is 47.0 Å². The van der Waals surface area contributed by atoms with Gasteiger partial charge in [0.2, 0.25) is 0 Å². The van der Waals surface area contributed by atoms with Crippen molar-refractivity contribution in [2.45, 2.75) is 52.5 Å². The van der Waals surface area contributed by atoms with Crippen LogP contribution in [0.15, 0.2) is 0 Å². The van der Waals surface area contributed by atoms with Crippen LogP contribution in [-0.2, 0) is 0 Å². The average molecular weight is 251 g/mol. The first-order valence-electron chi connectivity index (χ1n) is 7.46. The first-order chi connectivity index (χ1) is 8.57. The first kappa shape index (κ1) is 15.5. The van der Waals surface area contributed by atoms with Gasteiger partial charge in [-0.1, -0.05) is 27.7 Å². The van der Waals surface area contributed by atoms with Crippen molar-refractivity contribution in [3.63, 3.8) is 0 Å². The summed E-state index contributed by atoms with van der Waals surface area (Å²) in [6.45, 7) is 12.8. The Labute approximate surface area is 113 Å². The Bertz CT molecular complexity index is 278. The van der Waals surface area contributed by atoms with E-state index in [0.29, 0.717) is 11.8 Å². The van der Waals surface area contributed by atoms with Gasteiger partial charge in [-0.25, -0.2) is 0 Å². The minimum Gasteiger partial charge on any atom is -0.300 e. The summed E-state index contributed by atoms with van der Waals surface area (Å²) >= 11 is 0. The summed E-state index contributed by atoms with van der Waals surface area (Å²) in [5.41, 5.74) is -0.305. The van der Waals surface area contributed by atoms with E-state index in [2.05, 4.69) is 44.0 Å². The van der Waals surface area contributed by atoms with Crippen LogP contribution in [-0.4, -0.2) is 36.6 Å². The molecule has 1 unspecified atom stereocenters. The normalized spacial score (nSPS) is 18.9. The van der Waals surface area contributed by atoms with Crippen LogP contribution in [0.3, 0.4) is 0 Å². The van der Waals surface area contributed by atoms with Crippen LogP contribution >= 0.6 is 0 Å². The summed E-state index contributed by atoms with van der Waals surface area (Å²) in [5.74, 6) is 1.22. The van der Waals surface area contributed by atoms with Crippen molar-refractivity contribution in [3.05, 3.63) is 0 Å². The van der Waals surface area contributed by atoms with Gasteiger partial charge in [-0.05, 0) is 44.2 Å². The third-order valence-electron chi connectivity index (χ3n) is 3.71. The van der Waals surface area contributed by atoms with Gasteiger partial charge < -0.3 is 4.90 Å². The van der Waals surface area contributed by atoms with E-state index in [-0.39, 0.29) is 5.54 Å². The Morgan fingerprint density at radius 1 is 1.39 bits per heavy atom. The van der Waals surface area contributed by atoms with Crippen LogP contribution in [0, 0.1) is 23.2 Å². The molecule has 0 radical (unpaired) electrons. The topological polar surface area (TPSA) is 39.1 Å². The molecule has 1 N–H and O–H groups in total. The molecule has 104 valence electrons. The van der Waals surface area contributed by atoms with E-state index >= 15 is 0 Å². The molecule has 0 heterocycles. The number of likely N-dealkylation sites (N-methyl/N-ethyl adjacent to an activating group) is 1. The fourth-order valence-corrected chi connectivity index (χ4v) is 2.59. The SMILES string of the molecule is CCCNC(C#N)(CN(CC)CC(C)C)C1CC1.